The third-order valence-corrected chi connectivity index (χ3v) is 3.56. The van der Waals surface area contributed by atoms with E-state index < -0.39 is 0 Å². The Morgan fingerprint density at radius 2 is 2.12 bits per heavy atom. The molecule has 1 aromatic carbocycles. The van der Waals surface area contributed by atoms with Gasteiger partial charge in [0, 0.05) is 19.6 Å². The minimum absolute atomic E-state index is 0.0351. The van der Waals surface area contributed by atoms with Gasteiger partial charge in [0.1, 0.15) is 23.0 Å². The average Bonchev–Trinajstić information content (AvgIpc) is 2.24. The van der Waals surface area contributed by atoms with Crippen LogP contribution in [0, 0.1) is 0 Å². The van der Waals surface area contributed by atoms with E-state index in [0.29, 0.717) is 15.8 Å². The van der Waals surface area contributed by atoms with E-state index in [2.05, 4.69) is 0 Å². The van der Waals surface area contributed by atoms with Gasteiger partial charge in [0.2, 0.25) is 0 Å². The SMILES string of the molecule is COC1C(N)CC1Oc1cccc(Cl)c1Cl. The Labute approximate surface area is 104 Å². The summed E-state index contributed by atoms with van der Waals surface area (Å²) < 4.78 is 10.9. The zero-order chi connectivity index (χ0) is 11.7. The van der Waals surface area contributed by atoms with Gasteiger partial charge < -0.3 is 15.2 Å². The summed E-state index contributed by atoms with van der Waals surface area (Å²) in [6.45, 7) is 0. The Balaban J connectivity index is 2.07. The predicted octanol–water partition coefficient (Wildman–Crippen LogP) is 2.49. The summed E-state index contributed by atoms with van der Waals surface area (Å²) in [6, 6.07) is 5.33. The number of benzene rings is 1. The lowest BCUT2D eigenvalue weighted by atomic mass is 9.86. The van der Waals surface area contributed by atoms with Gasteiger partial charge in [0.15, 0.2) is 0 Å². The Kier molecular flexibility index (Phi) is 3.60. The zero-order valence-corrected chi connectivity index (χ0v) is 10.3. The van der Waals surface area contributed by atoms with Gasteiger partial charge in [-0.25, -0.2) is 0 Å². The molecule has 0 bridgehead atoms. The highest BCUT2D eigenvalue weighted by atomic mass is 35.5. The molecule has 3 atom stereocenters. The minimum atomic E-state index is -0.0740. The summed E-state index contributed by atoms with van der Waals surface area (Å²) in [5.41, 5.74) is 5.78. The average molecular weight is 262 g/mol. The number of ether oxygens (including phenoxy) is 2. The maximum Gasteiger partial charge on any atom is 0.139 e. The van der Waals surface area contributed by atoms with Crippen LogP contribution in [0.3, 0.4) is 0 Å². The van der Waals surface area contributed by atoms with Gasteiger partial charge in [-0.05, 0) is 12.1 Å². The van der Waals surface area contributed by atoms with Crippen molar-refractivity contribution in [2.45, 2.75) is 24.7 Å². The van der Waals surface area contributed by atoms with Crippen LogP contribution in [0.1, 0.15) is 6.42 Å². The highest BCUT2D eigenvalue weighted by Crippen LogP contribution is 2.35. The van der Waals surface area contributed by atoms with Crippen LogP contribution in [0.5, 0.6) is 5.75 Å². The van der Waals surface area contributed by atoms with Crippen molar-refractivity contribution in [1.29, 1.82) is 0 Å². The van der Waals surface area contributed by atoms with Crippen molar-refractivity contribution in [3.63, 3.8) is 0 Å². The zero-order valence-electron chi connectivity index (χ0n) is 8.82. The molecule has 0 spiro atoms. The Bertz CT molecular complexity index is 386. The Hall–Kier alpha value is -0.480. The third kappa shape index (κ3) is 2.13. The molecular weight excluding hydrogens is 249 g/mol. The van der Waals surface area contributed by atoms with Gasteiger partial charge in [0.05, 0.1) is 5.02 Å². The molecule has 0 amide bonds. The lowest BCUT2D eigenvalue weighted by molar-refractivity contribution is -0.0781. The van der Waals surface area contributed by atoms with Crippen molar-refractivity contribution >= 4 is 23.2 Å². The van der Waals surface area contributed by atoms with Crippen LogP contribution in [-0.2, 0) is 4.74 Å². The topological polar surface area (TPSA) is 44.5 Å². The maximum atomic E-state index is 6.02. The minimum Gasteiger partial charge on any atom is -0.486 e. The van der Waals surface area contributed by atoms with Gasteiger partial charge in [-0.3, -0.25) is 0 Å². The fourth-order valence-corrected chi connectivity index (χ4v) is 2.13. The first-order valence-electron chi connectivity index (χ1n) is 5.02. The second-order valence-corrected chi connectivity index (χ2v) is 4.59. The fraction of sp³-hybridized carbons (Fsp3) is 0.455. The van der Waals surface area contributed by atoms with Crippen LogP contribution in [0.4, 0.5) is 0 Å². The molecule has 1 aliphatic carbocycles. The largest absolute Gasteiger partial charge is 0.486 e. The summed E-state index contributed by atoms with van der Waals surface area (Å²) >= 11 is 11.9. The molecule has 3 nitrogen and oxygen atoms in total. The molecule has 0 aliphatic heterocycles. The molecule has 0 aromatic heterocycles. The summed E-state index contributed by atoms with van der Waals surface area (Å²) in [4.78, 5) is 0. The monoisotopic (exact) mass is 261 g/mol. The van der Waals surface area contributed by atoms with Crippen LogP contribution in [-0.4, -0.2) is 25.4 Å². The number of rotatable bonds is 3. The summed E-state index contributed by atoms with van der Waals surface area (Å²) in [7, 11) is 1.62. The van der Waals surface area contributed by atoms with Gasteiger partial charge in [0.25, 0.3) is 0 Å². The Morgan fingerprint density at radius 3 is 2.75 bits per heavy atom. The Morgan fingerprint density at radius 1 is 1.38 bits per heavy atom. The number of hydrogen-bond donors (Lipinski definition) is 1. The number of nitrogens with two attached hydrogens (primary N) is 1. The normalized spacial score (nSPS) is 28.6. The molecule has 3 unspecified atom stereocenters. The van der Waals surface area contributed by atoms with Crippen molar-refractivity contribution in [2.75, 3.05) is 7.11 Å². The first-order chi connectivity index (χ1) is 7.63. The van der Waals surface area contributed by atoms with Gasteiger partial charge in [-0.1, -0.05) is 29.3 Å². The second-order valence-electron chi connectivity index (χ2n) is 3.81. The van der Waals surface area contributed by atoms with Crippen LogP contribution >= 0.6 is 23.2 Å². The van der Waals surface area contributed by atoms with Gasteiger partial charge >= 0.3 is 0 Å². The predicted molar refractivity (Wildman–Crippen MR) is 64.3 cm³/mol. The number of hydrogen-bond acceptors (Lipinski definition) is 3. The molecule has 1 saturated carbocycles. The van der Waals surface area contributed by atoms with Crippen molar-refractivity contribution in [2.24, 2.45) is 5.73 Å². The maximum absolute atomic E-state index is 6.02. The molecule has 0 saturated heterocycles. The van der Waals surface area contributed by atoms with E-state index in [1.807, 2.05) is 0 Å². The molecule has 1 fully saturated rings. The lowest BCUT2D eigenvalue weighted by Crippen LogP contribution is -2.59. The molecule has 0 heterocycles. The van der Waals surface area contributed by atoms with E-state index in [1.54, 1.807) is 25.3 Å². The quantitative estimate of drug-likeness (QED) is 0.910. The molecule has 88 valence electrons. The van der Waals surface area contributed by atoms with Crippen LogP contribution in [0.2, 0.25) is 10.0 Å². The van der Waals surface area contributed by atoms with E-state index in [1.165, 1.54) is 0 Å². The van der Waals surface area contributed by atoms with Crippen molar-refractivity contribution < 1.29 is 9.47 Å². The molecule has 0 radical (unpaired) electrons. The fourth-order valence-electron chi connectivity index (χ4n) is 1.80. The van der Waals surface area contributed by atoms with Crippen molar-refractivity contribution in [3.05, 3.63) is 28.2 Å². The highest BCUT2D eigenvalue weighted by molar-refractivity contribution is 6.42. The first-order valence-corrected chi connectivity index (χ1v) is 5.78. The highest BCUT2D eigenvalue weighted by Gasteiger charge is 2.41. The van der Waals surface area contributed by atoms with Gasteiger partial charge in [-0.15, -0.1) is 0 Å². The molecule has 2 rings (SSSR count). The first kappa shape index (κ1) is 12.0. The van der Waals surface area contributed by atoms with Crippen LogP contribution < -0.4 is 10.5 Å². The summed E-state index contributed by atoms with van der Waals surface area (Å²) in [6.07, 6.45) is 0.646. The van der Waals surface area contributed by atoms with Crippen LogP contribution in [0.15, 0.2) is 18.2 Å². The molecule has 5 heteroatoms. The van der Waals surface area contributed by atoms with Gasteiger partial charge in [-0.2, -0.15) is 0 Å². The van der Waals surface area contributed by atoms with E-state index in [4.69, 9.17) is 38.4 Å². The summed E-state index contributed by atoms with van der Waals surface area (Å²) in [5, 5.41) is 0.913. The molecule has 1 aliphatic rings. The standard InChI is InChI=1S/C11H13Cl2NO2/c1-15-11-7(14)5-9(11)16-8-4-2-3-6(12)10(8)13/h2-4,7,9,11H,5,14H2,1H3. The van der Waals surface area contributed by atoms with Crippen molar-refractivity contribution in [3.8, 4) is 5.75 Å². The smallest absolute Gasteiger partial charge is 0.139 e. The van der Waals surface area contributed by atoms with E-state index in [9.17, 15) is 0 Å². The summed E-state index contributed by atoms with van der Waals surface area (Å²) in [5.74, 6) is 0.577. The van der Waals surface area contributed by atoms with E-state index >= 15 is 0 Å². The number of methoxy groups -OCH3 is 1. The van der Waals surface area contributed by atoms with E-state index in [-0.39, 0.29) is 18.2 Å². The van der Waals surface area contributed by atoms with Crippen LogP contribution in [0.25, 0.3) is 0 Å². The molecule has 1 aromatic rings. The molecular formula is C11H13Cl2NO2. The third-order valence-electron chi connectivity index (χ3n) is 2.76. The second kappa shape index (κ2) is 4.80. The van der Waals surface area contributed by atoms with E-state index in [0.717, 1.165) is 6.42 Å². The number of halogens is 2. The molecule has 2 N–H and O–H groups in total. The molecule has 16 heavy (non-hydrogen) atoms. The lowest BCUT2D eigenvalue weighted by Gasteiger charge is -2.41. The van der Waals surface area contributed by atoms with Crippen molar-refractivity contribution in [1.82, 2.24) is 0 Å².